The smallest absolute Gasteiger partial charge is 0.244 e. The van der Waals surface area contributed by atoms with Crippen molar-refractivity contribution in [3.8, 4) is 5.88 Å². The largest absolute Gasteiger partial charge is 0.477 e. The van der Waals surface area contributed by atoms with Crippen molar-refractivity contribution in [2.24, 2.45) is 0 Å². The minimum absolute atomic E-state index is 0.0594. The highest BCUT2D eigenvalue weighted by atomic mass is 35.5. The minimum Gasteiger partial charge on any atom is -0.477 e. The van der Waals surface area contributed by atoms with E-state index in [1.165, 1.54) is 6.20 Å². The number of fused-ring (bicyclic) bond motifs is 1. The number of hydrogen-bond acceptors (Lipinski definition) is 5. The first kappa shape index (κ1) is 15.8. The normalized spacial score (nSPS) is 11.7. The summed E-state index contributed by atoms with van der Waals surface area (Å²) in [4.78, 5) is 8.04. The lowest BCUT2D eigenvalue weighted by atomic mass is 10.2. The van der Waals surface area contributed by atoms with E-state index in [4.69, 9.17) is 16.3 Å². The van der Waals surface area contributed by atoms with Gasteiger partial charge in [-0.05, 0) is 30.2 Å². The molecule has 0 saturated carbocycles. The third-order valence-corrected chi connectivity index (χ3v) is 4.98. The third kappa shape index (κ3) is 3.16. The summed E-state index contributed by atoms with van der Waals surface area (Å²) >= 11 is 5.89. The van der Waals surface area contributed by atoms with Crippen LogP contribution in [-0.4, -0.2) is 29.0 Å². The van der Waals surface area contributed by atoms with Crippen LogP contribution in [0.3, 0.4) is 0 Å². The van der Waals surface area contributed by atoms with Crippen LogP contribution >= 0.6 is 11.6 Å². The van der Waals surface area contributed by atoms with Crippen molar-refractivity contribution in [2.75, 3.05) is 6.61 Å². The molecule has 8 heteroatoms. The number of rotatable bonds is 5. The number of ether oxygens (including phenoxy) is 1. The highest BCUT2D eigenvalue weighted by molar-refractivity contribution is 7.89. The van der Waals surface area contributed by atoms with Crippen molar-refractivity contribution in [2.45, 2.75) is 12.7 Å². The summed E-state index contributed by atoms with van der Waals surface area (Å²) in [6.07, 6.45) is 1.44. The molecule has 0 unspecified atom stereocenters. The predicted molar refractivity (Wildman–Crippen MR) is 88.2 cm³/mol. The molecule has 0 bridgehead atoms. The van der Waals surface area contributed by atoms with Crippen LogP contribution in [0.25, 0.3) is 11.0 Å². The Morgan fingerprint density at radius 2 is 1.91 bits per heavy atom. The second-order valence-corrected chi connectivity index (χ2v) is 7.01. The van der Waals surface area contributed by atoms with Gasteiger partial charge in [0.25, 0.3) is 0 Å². The highest BCUT2D eigenvalue weighted by Crippen LogP contribution is 2.27. The maximum Gasteiger partial charge on any atom is 0.244 e. The Bertz CT molecular complexity index is 939. The maximum atomic E-state index is 12.7. The van der Waals surface area contributed by atoms with Crippen LogP contribution in [0.5, 0.6) is 5.88 Å². The first-order chi connectivity index (χ1) is 11.0. The Kier molecular flexibility index (Phi) is 4.23. The molecule has 0 fully saturated rings. The predicted octanol–water partition coefficient (Wildman–Crippen LogP) is 2.86. The van der Waals surface area contributed by atoms with Gasteiger partial charge in [0.15, 0.2) is 5.65 Å². The summed E-state index contributed by atoms with van der Waals surface area (Å²) in [5.74, 6) is 0.139. The second kappa shape index (κ2) is 6.17. The zero-order valence-electron chi connectivity index (χ0n) is 12.3. The molecule has 2 heterocycles. The van der Waals surface area contributed by atoms with Crippen molar-refractivity contribution >= 4 is 32.7 Å². The van der Waals surface area contributed by atoms with Gasteiger partial charge in [-0.15, -0.1) is 0 Å². The second-order valence-electron chi connectivity index (χ2n) is 4.82. The molecule has 0 aliphatic rings. The average Bonchev–Trinajstić information content (AvgIpc) is 2.92. The fraction of sp³-hybridized carbons (Fsp3) is 0.200. The lowest BCUT2D eigenvalue weighted by Crippen LogP contribution is -2.14. The number of halogens is 1. The van der Waals surface area contributed by atoms with Crippen LogP contribution in [0.1, 0.15) is 12.5 Å². The molecular formula is C15H14ClN3O3S. The zero-order valence-corrected chi connectivity index (χ0v) is 13.9. The summed E-state index contributed by atoms with van der Waals surface area (Å²) in [6, 6.07) is 10.6. The SMILES string of the molecule is CCOc1nc(Cl)nc2c1ccn2S(=O)(=O)Cc1ccccc1. The molecule has 1 aromatic carbocycles. The van der Waals surface area contributed by atoms with Crippen molar-refractivity contribution in [3.63, 3.8) is 0 Å². The van der Waals surface area contributed by atoms with Gasteiger partial charge in [0.2, 0.25) is 21.2 Å². The summed E-state index contributed by atoms with van der Waals surface area (Å²) in [5.41, 5.74) is 0.906. The van der Waals surface area contributed by atoms with E-state index in [0.29, 0.717) is 17.6 Å². The Hall–Kier alpha value is -2.12. The topological polar surface area (TPSA) is 74.1 Å². The number of hydrogen-bond donors (Lipinski definition) is 0. The van der Waals surface area contributed by atoms with Gasteiger partial charge >= 0.3 is 0 Å². The van der Waals surface area contributed by atoms with Gasteiger partial charge in [-0.2, -0.15) is 9.97 Å². The van der Waals surface area contributed by atoms with Crippen molar-refractivity contribution < 1.29 is 13.2 Å². The van der Waals surface area contributed by atoms with E-state index >= 15 is 0 Å². The molecule has 0 saturated heterocycles. The van der Waals surface area contributed by atoms with E-state index in [0.717, 1.165) is 3.97 Å². The minimum atomic E-state index is -3.63. The number of nitrogens with zero attached hydrogens (tertiary/aromatic N) is 3. The fourth-order valence-corrected chi connectivity index (χ4v) is 3.82. The standard InChI is InChI=1S/C15H14ClN3O3S/c1-2-22-14-12-8-9-19(13(12)17-15(16)18-14)23(20,21)10-11-6-4-3-5-7-11/h3-9H,2,10H2,1H3. The average molecular weight is 352 g/mol. The number of aromatic nitrogens is 3. The quantitative estimate of drug-likeness (QED) is 0.661. The molecule has 0 aliphatic carbocycles. The number of benzene rings is 1. The van der Waals surface area contributed by atoms with Crippen LogP contribution in [0.15, 0.2) is 42.6 Å². The lowest BCUT2D eigenvalue weighted by Gasteiger charge is -2.08. The summed E-state index contributed by atoms with van der Waals surface area (Å²) in [5, 5.41) is 0.448. The van der Waals surface area contributed by atoms with E-state index < -0.39 is 10.0 Å². The van der Waals surface area contributed by atoms with E-state index in [1.807, 2.05) is 13.0 Å². The van der Waals surface area contributed by atoms with Gasteiger partial charge in [-0.1, -0.05) is 30.3 Å². The van der Waals surface area contributed by atoms with Crippen LogP contribution in [0.2, 0.25) is 5.28 Å². The Morgan fingerprint density at radius 3 is 2.61 bits per heavy atom. The lowest BCUT2D eigenvalue weighted by molar-refractivity contribution is 0.331. The van der Waals surface area contributed by atoms with Crippen LogP contribution < -0.4 is 4.74 Å². The third-order valence-electron chi connectivity index (χ3n) is 3.22. The molecule has 120 valence electrons. The van der Waals surface area contributed by atoms with Gasteiger partial charge in [0, 0.05) is 6.20 Å². The van der Waals surface area contributed by atoms with E-state index in [2.05, 4.69) is 9.97 Å². The molecule has 0 aliphatic heterocycles. The maximum absolute atomic E-state index is 12.7. The van der Waals surface area contributed by atoms with Gasteiger partial charge in [0.05, 0.1) is 17.7 Å². The van der Waals surface area contributed by atoms with Gasteiger partial charge < -0.3 is 4.74 Å². The first-order valence-corrected chi connectivity index (χ1v) is 8.94. The molecular weight excluding hydrogens is 338 g/mol. The van der Waals surface area contributed by atoms with Crippen molar-refractivity contribution in [3.05, 3.63) is 53.4 Å². The molecule has 0 radical (unpaired) electrons. The molecule has 3 rings (SSSR count). The molecule has 23 heavy (non-hydrogen) atoms. The van der Waals surface area contributed by atoms with E-state index in [-0.39, 0.29) is 22.6 Å². The Morgan fingerprint density at radius 1 is 1.17 bits per heavy atom. The first-order valence-electron chi connectivity index (χ1n) is 6.96. The molecule has 0 spiro atoms. The van der Waals surface area contributed by atoms with E-state index in [1.54, 1.807) is 30.3 Å². The molecule has 2 aromatic heterocycles. The summed E-state index contributed by atoms with van der Waals surface area (Å²) < 4.78 is 31.9. The van der Waals surface area contributed by atoms with Gasteiger partial charge in [-0.3, -0.25) is 0 Å². The van der Waals surface area contributed by atoms with Crippen LogP contribution in [-0.2, 0) is 15.8 Å². The zero-order chi connectivity index (χ0) is 16.4. The van der Waals surface area contributed by atoms with Gasteiger partial charge in [-0.25, -0.2) is 12.4 Å². The highest BCUT2D eigenvalue weighted by Gasteiger charge is 2.20. The Balaban J connectivity index is 2.09. The molecule has 6 nitrogen and oxygen atoms in total. The Labute approximate surface area is 138 Å². The van der Waals surface area contributed by atoms with Crippen molar-refractivity contribution in [1.82, 2.24) is 13.9 Å². The fourth-order valence-electron chi connectivity index (χ4n) is 2.26. The summed E-state index contributed by atoms with van der Waals surface area (Å²) in [7, 11) is -3.63. The molecule has 0 amide bonds. The van der Waals surface area contributed by atoms with E-state index in [9.17, 15) is 8.42 Å². The van der Waals surface area contributed by atoms with Crippen LogP contribution in [0, 0.1) is 0 Å². The summed E-state index contributed by atoms with van der Waals surface area (Å²) in [6.45, 7) is 2.20. The van der Waals surface area contributed by atoms with Gasteiger partial charge in [0.1, 0.15) is 0 Å². The monoisotopic (exact) mass is 351 g/mol. The van der Waals surface area contributed by atoms with Crippen LogP contribution in [0.4, 0.5) is 0 Å². The van der Waals surface area contributed by atoms with Crippen molar-refractivity contribution in [1.29, 1.82) is 0 Å². The molecule has 0 N–H and O–H groups in total. The molecule has 0 atom stereocenters. The molecule has 3 aromatic rings.